The number of aromatic nitrogens is 1. The Morgan fingerprint density at radius 2 is 2.31 bits per heavy atom. The highest BCUT2D eigenvalue weighted by Crippen LogP contribution is 2.26. The molecule has 0 fully saturated rings. The first kappa shape index (κ1) is 11.4. The summed E-state index contributed by atoms with van der Waals surface area (Å²) in [6.45, 7) is 4.92. The molecule has 0 amide bonds. The van der Waals surface area contributed by atoms with Gasteiger partial charge in [-0.2, -0.15) is 0 Å². The zero-order chi connectivity index (χ0) is 11.5. The van der Waals surface area contributed by atoms with Gasteiger partial charge in [-0.3, -0.25) is 0 Å². The van der Waals surface area contributed by atoms with Gasteiger partial charge in [0.2, 0.25) is 0 Å². The second kappa shape index (κ2) is 4.80. The monoisotopic (exact) mass is 236 g/mol. The molecular weight excluding hydrogens is 220 g/mol. The molecule has 0 spiro atoms. The molecule has 0 bridgehead atoms. The van der Waals surface area contributed by atoms with Crippen LogP contribution in [0.3, 0.4) is 0 Å². The van der Waals surface area contributed by atoms with Gasteiger partial charge in [0, 0.05) is 13.7 Å². The third kappa shape index (κ3) is 2.51. The molecule has 2 rings (SSSR count). The number of hydrogen-bond donors (Lipinski definition) is 1. The molecule has 16 heavy (non-hydrogen) atoms. The molecule has 1 heterocycles. The van der Waals surface area contributed by atoms with Gasteiger partial charge >= 0.3 is 0 Å². The summed E-state index contributed by atoms with van der Waals surface area (Å²) in [6.07, 6.45) is 0.203. The Bertz CT molecular complexity index is 481. The van der Waals surface area contributed by atoms with Crippen LogP contribution in [0.25, 0.3) is 10.2 Å². The van der Waals surface area contributed by atoms with E-state index < -0.39 is 0 Å². The molecule has 0 aliphatic rings. The van der Waals surface area contributed by atoms with Crippen molar-refractivity contribution in [2.75, 3.05) is 19.0 Å². The molecule has 0 saturated carbocycles. The predicted molar refractivity (Wildman–Crippen MR) is 69.3 cm³/mol. The Labute approximate surface area is 99.5 Å². The number of benzene rings is 1. The van der Waals surface area contributed by atoms with Crippen molar-refractivity contribution in [3.05, 3.63) is 23.8 Å². The number of fused-ring (bicyclic) bond motifs is 1. The zero-order valence-electron chi connectivity index (χ0n) is 9.78. The van der Waals surface area contributed by atoms with Crippen molar-refractivity contribution < 1.29 is 4.74 Å². The summed E-state index contributed by atoms with van der Waals surface area (Å²) in [4.78, 5) is 4.51. The molecule has 1 unspecified atom stereocenters. The Morgan fingerprint density at radius 3 is 3.06 bits per heavy atom. The SMILES string of the molecule is COC(C)CNc1nc2ccc(C)cc2s1. The van der Waals surface area contributed by atoms with Gasteiger partial charge in [0.25, 0.3) is 0 Å². The predicted octanol–water partition coefficient (Wildman–Crippen LogP) is 3.05. The molecule has 0 saturated heterocycles. The van der Waals surface area contributed by atoms with E-state index in [4.69, 9.17) is 4.74 Å². The van der Waals surface area contributed by atoms with E-state index in [0.29, 0.717) is 0 Å². The Kier molecular flexibility index (Phi) is 3.41. The van der Waals surface area contributed by atoms with Gasteiger partial charge in [0.15, 0.2) is 5.13 Å². The van der Waals surface area contributed by atoms with Crippen LogP contribution in [0, 0.1) is 6.92 Å². The second-order valence-electron chi connectivity index (χ2n) is 3.92. The normalized spacial score (nSPS) is 12.9. The Morgan fingerprint density at radius 1 is 1.50 bits per heavy atom. The lowest BCUT2D eigenvalue weighted by molar-refractivity contribution is 0.129. The average Bonchev–Trinajstić information content (AvgIpc) is 2.67. The third-order valence-electron chi connectivity index (χ3n) is 2.49. The molecule has 4 heteroatoms. The van der Waals surface area contributed by atoms with E-state index in [1.807, 2.05) is 6.92 Å². The molecule has 0 aliphatic carbocycles. The molecule has 0 radical (unpaired) electrons. The van der Waals surface area contributed by atoms with E-state index in [-0.39, 0.29) is 6.10 Å². The first-order chi connectivity index (χ1) is 7.69. The van der Waals surface area contributed by atoms with Crippen molar-refractivity contribution in [3.8, 4) is 0 Å². The molecule has 1 aromatic heterocycles. The lowest BCUT2D eigenvalue weighted by Crippen LogP contribution is -2.17. The lowest BCUT2D eigenvalue weighted by Gasteiger charge is -2.08. The lowest BCUT2D eigenvalue weighted by atomic mass is 10.2. The molecule has 3 nitrogen and oxygen atoms in total. The van der Waals surface area contributed by atoms with E-state index in [1.54, 1.807) is 18.4 Å². The maximum absolute atomic E-state index is 5.18. The molecular formula is C12H16N2OS. The van der Waals surface area contributed by atoms with Crippen molar-refractivity contribution in [2.24, 2.45) is 0 Å². The Balaban J connectivity index is 2.13. The van der Waals surface area contributed by atoms with Crippen molar-refractivity contribution >= 4 is 26.7 Å². The first-order valence-electron chi connectivity index (χ1n) is 5.33. The fourth-order valence-electron chi connectivity index (χ4n) is 1.42. The minimum atomic E-state index is 0.203. The summed E-state index contributed by atoms with van der Waals surface area (Å²) >= 11 is 1.69. The summed E-state index contributed by atoms with van der Waals surface area (Å²) in [5.74, 6) is 0. The van der Waals surface area contributed by atoms with Gasteiger partial charge in [0.1, 0.15) is 0 Å². The van der Waals surface area contributed by atoms with Crippen LogP contribution in [0.1, 0.15) is 12.5 Å². The van der Waals surface area contributed by atoms with Gasteiger partial charge < -0.3 is 10.1 Å². The summed E-state index contributed by atoms with van der Waals surface area (Å²) < 4.78 is 6.41. The van der Waals surface area contributed by atoms with Crippen LogP contribution in [0.15, 0.2) is 18.2 Å². The van der Waals surface area contributed by atoms with Gasteiger partial charge in [-0.05, 0) is 31.5 Å². The molecule has 1 aromatic carbocycles. The fraction of sp³-hybridized carbons (Fsp3) is 0.417. The van der Waals surface area contributed by atoms with Crippen LogP contribution in [-0.2, 0) is 4.74 Å². The number of hydrogen-bond acceptors (Lipinski definition) is 4. The van der Waals surface area contributed by atoms with E-state index in [0.717, 1.165) is 17.2 Å². The van der Waals surface area contributed by atoms with Crippen LogP contribution in [0.2, 0.25) is 0 Å². The quantitative estimate of drug-likeness (QED) is 0.886. The van der Waals surface area contributed by atoms with Crippen molar-refractivity contribution in [2.45, 2.75) is 20.0 Å². The number of methoxy groups -OCH3 is 1. The number of thiazole rings is 1. The number of aryl methyl sites for hydroxylation is 1. The molecule has 86 valence electrons. The number of anilines is 1. The highest BCUT2D eigenvalue weighted by Gasteiger charge is 2.05. The van der Waals surface area contributed by atoms with Crippen LogP contribution in [0.4, 0.5) is 5.13 Å². The van der Waals surface area contributed by atoms with Crippen molar-refractivity contribution in [1.29, 1.82) is 0 Å². The second-order valence-corrected chi connectivity index (χ2v) is 4.95. The summed E-state index contributed by atoms with van der Waals surface area (Å²) in [7, 11) is 1.72. The van der Waals surface area contributed by atoms with Crippen molar-refractivity contribution in [3.63, 3.8) is 0 Å². The molecule has 1 N–H and O–H groups in total. The maximum Gasteiger partial charge on any atom is 0.183 e. The van der Waals surface area contributed by atoms with E-state index >= 15 is 0 Å². The maximum atomic E-state index is 5.18. The Hall–Kier alpha value is -1.13. The summed E-state index contributed by atoms with van der Waals surface area (Å²) in [5, 5.41) is 4.25. The van der Waals surface area contributed by atoms with E-state index in [1.165, 1.54) is 10.3 Å². The average molecular weight is 236 g/mol. The minimum Gasteiger partial charge on any atom is -0.380 e. The van der Waals surface area contributed by atoms with Crippen LogP contribution < -0.4 is 5.32 Å². The standard InChI is InChI=1S/C12H16N2OS/c1-8-4-5-10-11(6-8)16-12(14-10)13-7-9(2)15-3/h4-6,9H,7H2,1-3H3,(H,13,14). The van der Waals surface area contributed by atoms with Gasteiger partial charge in [0.05, 0.1) is 16.3 Å². The molecule has 1 atom stereocenters. The summed E-state index contributed by atoms with van der Waals surface area (Å²) in [5.41, 5.74) is 2.33. The minimum absolute atomic E-state index is 0.203. The third-order valence-corrected chi connectivity index (χ3v) is 3.46. The summed E-state index contributed by atoms with van der Waals surface area (Å²) in [6, 6.07) is 6.31. The van der Waals surface area contributed by atoms with Crippen LogP contribution >= 0.6 is 11.3 Å². The van der Waals surface area contributed by atoms with Gasteiger partial charge in [-0.15, -0.1) is 0 Å². The molecule has 0 aliphatic heterocycles. The number of nitrogens with one attached hydrogen (secondary N) is 1. The van der Waals surface area contributed by atoms with Crippen LogP contribution in [0.5, 0.6) is 0 Å². The number of ether oxygens (including phenoxy) is 1. The highest BCUT2D eigenvalue weighted by atomic mass is 32.1. The largest absolute Gasteiger partial charge is 0.380 e. The fourth-order valence-corrected chi connectivity index (χ4v) is 2.39. The molecule has 2 aromatic rings. The first-order valence-corrected chi connectivity index (χ1v) is 6.14. The van der Waals surface area contributed by atoms with Gasteiger partial charge in [-0.1, -0.05) is 17.4 Å². The zero-order valence-corrected chi connectivity index (χ0v) is 10.6. The number of rotatable bonds is 4. The van der Waals surface area contributed by atoms with Crippen molar-refractivity contribution in [1.82, 2.24) is 4.98 Å². The topological polar surface area (TPSA) is 34.1 Å². The number of nitrogens with zero attached hydrogens (tertiary/aromatic N) is 1. The highest BCUT2D eigenvalue weighted by molar-refractivity contribution is 7.22. The van der Waals surface area contributed by atoms with E-state index in [9.17, 15) is 0 Å². The smallest absolute Gasteiger partial charge is 0.183 e. The van der Waals surface area contributed by atoms with Gasteiger partial charge in [-0.25, -0.2) is 4.98 Å². The van der Waals surface area contributed by atoms with Crippen LogP contribution in [-0.4, -0.2) is 24.7 Å². The van der Waals surface area contributed by atoms with E-state index in [2.05, 4.69) is 35.4 Å².